The average Bonchev–Trinajstić information content (AvgIpc) is 2.33. The van der Waals surface area contributed by atoms with E-state index in [-0.39, 0.29) is 11.9 Å². The molecule has 0 fully saturated rings. The Bertz CT molecular complexity index is 360. The number of halogens is 2. The predicted octanol–water partition coefficient (Wildman–Crippen LogP) is 3.54. The maximum atomic E-state index is 13.7. The first-order valence-corrected chi connectivity index (χ1v) is 7.21. The van der Waals surface area contributed by atoms with Gasteiger partial charge in [0, 0.05) is 17.1 Å². The lowest BCUT2D eigenvalue weighted by atomic mass is 10.1. The summed E-state index contributed by atoms with van der Waals surface area (Å²) < 4.78 is 20.0. The Labute approximate surface area is 117 Å². The van der Waals surface area contributed by atoms with Crippen LogP contribution in [0.1, 0.15) is 25.8 Å². The molecule has 0 aliphatic carbocycles. The summed E-state index contributed by atoms with van der Waals surface area (Å²) in [5.74, 6) is -0.164. The van der Waals surface area contributed by atoms with Crippen LogP contribution in [0.3, 0.4) is 0 Å². The normalized spacial score (nSPS) is 12.7. The molecule has 0 heterocycles. The number of nitrogens with one attached hydrogen (secondary N) is 1. The largest absolute Gasteiger partial charge is 0.380 e. The molecule has 0 spiro atoms. The Balaban J connectivity index is 2.58. The van der Waals surface area contributed by atoms with Crippen LogP contribution < -0.4 is 5.32 Å². The molecule has 1 N–H and O–H groups in total. The van der Waals surface area contributed by atoms with Crippen LogP contribution in [-0.2, 0) is 11.2 Å². The highest BCUT2D eigenvalue weighted by atomic mass is 79.9. The minimum atomic E-state index is -0.164. The molecule has 0 amide bonds. The molecule has 0 aliphatic heterocycles. The van der Waals surface area contributed by atoms with Gasteiger partial charge >= 0.3 is 0 Å². The first-order chi connectivity index (χ1) is 8.67. The highest BCUT2D eigenvalue weighted by Gasteiger charge is 2.11. The van der Waals surface area contributed by atoms with Crippen LogP contribution in [0, 0.1) is 5.82 Å². The van der Waals surface area contributed by atoms with Gasteiger partial charge in [-0.25, -0.2) is 4.39 Å². The molecule has 0 aliphatic rings. The standard InChI is InChI=1S/C14H21BrFNO/c1-3-7-18-10-13(17-4-2)8-11-5-6-12(15)9-14(11)16/h5-6,9,13,17H,3-4,7-8,10H2,1-2H3. The van der Waals surface area contributed by atoms with E-state index in [0.717, 1.165) is 29.6 Å². The lowest BCUT2D eigenvalue weighted by Gasteiger charge is -2.18. The van der Waals surface area contributed by atoms with Crippen LogP contribution >= 0.6 is 15.9 Å². The first-order valence-electron chi connectivity index (χ1n) is 6.42. The van der Waals surface area contributed by atoms with Crippen LogP contribution in [0.4, 0.5) is 4.39 Å². The van der Waals surface area contributed by atoms with Crippen molar-refractivity contribution in [3.8, 4) is 0 Å². The molecule has 0 bridgehead atoms. The zero-order chi connectivity index (χ0) is 13.4. The second-order valence-corrected chi connectivity index (χ2v) is 5.19. The minimum absolute atomic E-state index is 0.164. The molecule has 4 heteroatoms. The Morgan fingerprint density at radius 2 is 2.17 bits per heavy atom. The third-order valence-electron chi connectivity index (χ3n) is 2.64. The van der Waals surface area contributed by atoms with Gasteiger partial charge in [-0.3, -0.25) is 0 Å². The van der Waals surface area contributed by atoms with Crippen LogP contribution in [-0.4, -0.2) is 25.8 Å². The summed E-state index contributed by atoms with van der Waals surface area (Å²) in [4.78, 5) is 0. The fourth-order valence-corrected chi connectivity index (χ4v) is 2.13. The SMILES string of the molecule is CCCOCC(Cc1ccc(Br)cc1F)NCC. The van der Waals surface area contributed by atoms with Gasteiger partial charge in [0.05, 0.1) is 6.61 Å². The molecule has 2 nitrogen and oxygen atoms in total. The summed E-state index contributed by atoms with van der Waals surface area (Å²) in [7, 11) is 0. The molecule has 1 unspecified atom stereocenters. The van der Waals surface area contributed by atoms with Gasteiger partial charge in [-0.1, -0.05) is 35.8 Å². The summed E-state index contributed by atoms with van der Waals surface area (Å²) in [5, 5.41) is 3.33. The van der Waals surface area contributed by atoms with Crippen molar-refractivity contribution in [2.24, 2.45) is 0 Å². The maximum Gasteiger partial charge on any atom is 0.127 e. The van der Waals surface area contributed by atoms with E-state index >= 15 is 0 Å². The van der Waals surface area contributed by atoms with Crippen molar-refractivity contribution in [2.75, 3.05) is 19.8 Å². The van der Waals surface area contributed by atoms with E-state index in [0.29, 0.717) is 13.0 Å². The van der Waals surface area contributed by atoms with Crippen molar-refractivity contribution in [3.63, 3.8) is 0 Å². The molecule has 0 radical (unpaired) electrons. The van der Waals surface area contributed by atoms with E-state index in [1.165, 1.54) is 6.07 Å². The van der Waals surface area contributed by atoms with Gasteiger partial charge in [0.25, 0.3) is 0 Å². The van der Waals surface area contributed by atoms with Gasteiger partial charge in [0.15, 0.2) is 0 Å². The summed E-state index contributed by atoms with van der Waals surface area (Å²) in [5.41, 5.74) is 0.726. The molecule has 102 valence electrons. The van der Waals surface area contributed by atoms with Crippen molar-refractivity contribution in [2.45, 2.75) is 32.7 Å². The van der Waals surface area contributed by atoms with Crippen molar-refractivity contribution in [1.82, 2.24) is 5.32 Å². The molecule has 0 aromatic heterocycles. The number of hydrogen-bond donors (Lipinski definition) is 1. The Kier molecular flexibility index (Phi) is 7.47. The Morgan fingerprint density at radius 1 is 1.39 bits per heavy atom. The zero-order valence-electron chi connectivity index (χ0n) is 11.0. The van der Waals surface area contributed by atoms with E-state index < -0.39 is 0 Å². The molecular weight excluding hydrogens is 297 g/mol. The van der Waals surface area contributed by atoms with Crippen molar-refractivity contribution in [3.05, 3.63) is 34.1 Å². The summed E-state index contributed by atoms with van der Waals surface area (Å²) in [6.45, 7) is 6.36. The van der Waals surface area contributed by atoms with E-state index in [1.54, 1.807) is 0 Å². The van der Waals surface area contributed by atoms with Crippen LogP contribution in [0.5, 0.6) is 0 Å². The van der Waals surface area contributed by atoms with Gasteiger partial charge in [-0.15, -0.1) is 0 Å². The second kappa shape index (κ2) is 8.62. The molecule has 0 saturated heterocycles. The number of hydrogen-bond acceptors (Lipinski definition) is 2. The van der Waals surface area contributed by atoms with E-state index in [4.69, 9.17) is 4.74 Å². The molecule has 0 saturated carbocycles. The number of benzene rings is 1. The summed E-state index contributed by atoms with van der Waals surface area (Å²) in [6.07, 6.45) is 1.65. The van der Waals surface area contributed by atoms with Crippen molar-refractivity contribution < 1.29 is 9.13 Å². The molecule has 1 rings (SSSR count). The topological polar surface area (TPSA) is 21.3 Å². The van der Waals surface area contributed by atoms with Gasteiger partial charge in [0.2, 0.25) is 0 Å². The molecule has 1 aromatic rings. The first kappa shape index (κ1) is 15.6. The Hall–Kier alpha value is -0.450. The lowest BCUT2D eigenvalue weighted by Crippen LogP contribution is -2.35. The zero-order valence-corrected chi connectivity index (χ0v) is 12.6. The monoisotopic (exact) mass is 317 g/mol. The van der Waals surface area contributed by atoms with Crippen LogP contribution in [0.15, 0.2) is 22.7 Å². The smallest absolute Gasteiger partial charge is 0.127 e. The lowest BCUT2D eigenvalue weighted by molar-refractivity contribution is 0.112. The summed E-state index contributed by atoms with van der Waals surface area (Å²) >= 11 is 3.26. The van der Waals surface area contributed by atoms with Crippen molar-refractivity contribution in [1.29, 1.82) is 0 Å². The highest BCUT2D eigenvalue weighted by Crippen LogP contribution is 2.16. The third-order valence-corrected chi connectivity index (χ3v) is 3.13. The highest BCUT2D eigenvalue weighted by molar-refractivity contribution is 9.10. The van der Waals surface area contributed by atoms with Crippen LogP contribution in [0.2, 0.25) is 0 Å². The van der Waals surface area contributed by atoms with Gasteiger partial charge in [0.1, 0.15) is 5.82 Å². The second-order valence-electron chi connectivity index (χ2n) is 4.27. The molecular formula is C14H21BrFNO. The Morgan fingerprint density at radius 3 is 2.78 bits per heavy atom. The molecule has 1 atom stereocenters. The van der Waals surface area contributed by atoms with Gasteiger partial charge in [-0.2, -0.15) is 0 Å². The number of ether oxygens (including phenoxy) is 1. The van der Waals surface area contributed by atoms with Crippen LogP contribution in [0.25, 0.3) is 0 Å². The third kappa shape index (κ3) is 5.46. The fraction of sp³-hybridized carbons (Fsp3) is 0.571. The fourth-order valence-electron chi connectivity index (χ4n) is 1.80. The quantitative estimate of drug-likeness (QED) is 0.740. The predicted molar refractivity (Wildman–Crippen MR) is 76.4 cm³/mol. The van der Waals surface area contributed by atoms with E-state index in [2.05, 4.69) is 28.2 Å². The van der Waals surface area contributed by atoms with Gasteiger partial charge in [-0.05, 0) is 37.1 Å². The summed E-state index contributed by atoms with van der Waals surface area (Å²) in [6, 6.07) is 5.36. The minimum Gasteiger partial charge on any atom is -0.380 e. The van der Waals surface area contributed by atoms with Gasteiger partial charge < -0.3 is 10.1 Å². The number of likely N-dealkylation sites (N-methyl/N-ethyl adjacent to an activating group) is 1. The van der Waals surface area contributed by atoms with E-state index in [1.807, 2.05) is 19.1 Å². The average molecular weight is 318 g/mol. The molecule has 1 aromatic carbocycles. The van der Waals surface area contributed by atoms with Crippen molar-refractivity contribution >= 4 is 15.9 Å². The molecule has 18 heavy (non-hydrogen) atoms. The van der Waals surface area contributed by atoms with E-state index in [9.17, 15) is 4.39 Å². The number of rotatable bonds is 8. The maximum absolute atomic E-state index is 13.7.